The van der Waals surface area contributed by atoms with Crippen molar-refractivity contribution in [1.29, 1.82) is 0 Å². The minimum Gasteiger partial charge on any atom is -0.485 e. The standard InChI is InChI=1S/C14H21O4SSi/c1-14(2,3)13(18-20(4)5)9-7-16-10-8-19-11(6-15)12(10)17-9/h6,8-9,13H,7H2,1-5H3. The van der Waals surface area contributed by atoms with Crippen LogP contribution in [0.15, 0.2) is 5.38 Å². The van der Waals surface area contributed by atoms with Crippen LogP contribution in [0.1, 0.15) is 30.4 Å². The van der Waals surface area contributed by atoms with Crippen molar-refractivity contribution in [1.82, 2.24) is 0 Å². The average molecular weight is 313 g/mol. The first kappa shape index (κ1) is 15.5. The van der Waals surface area contributed by atoms with Gasteiger partial charge in [0.1, 0.15) is 11.5 Å². The predicted molar refractivity (Wildman–Crippen MR) is 81.4 cm³/mol. The van der Waals surface area contributed by atoms with Gasteiger partial charge in [-0.25, -0.2) is 0 Å². The van der Waals surface area contributed by atoms with Crippen LogP contribution in [0.3, 0.4) is 0 Å². The third kappa shape index (κ3) is 3.24. The summed E-state index contributed by atoms with van der Waals surface area (Å²) in [5, 5.41) is 1.82. The number of carbonyl (C=O) groups excluding carboxylic acids is 1. The first-order valence-corrected chi connectivity index (χ1v) is 9.94. The summed E-state index contributed by atoms with van der Waals surface area (Å²) in [6.07, 6.45) is 0.575. The smallest absolute Gasteiger partial charge is 0.205 e. The highest BCUT2D eigenvalue weighted by atomic mass is 32.1. The van der Waals surface area contributed by atoms with Gasteiger partial charge in [0.05, 0.1) is 6.10 Å². The first-order chi connectivity index (χ1) is 9.32. The van der Waals surface area contributed by atoms with Gasteiger partial charge in [-0.15, -0.1) is 11.3 Å². The molecule has 0 saturated heterocycles. The highest BCUT2D eigenvalue weighted by molar-refractivity contribution is 7.12. The van der Waals surface area contributed by atoms with E-state index >= 15 is 0 Å². The van der Waals surface area contributed by atoms with Gasteiger partial charge >= 0.3 is 0 Å². The molecule has 1 aliphatic heterocycles. The van der Waals surface area contributed by atoms with Gasteiger partial charge in [0.2, 0.25) is 9.04 Å². The zero-order chi connectivity index (χ0) is 14.9. The third-order valence-corrected chi connectivity index (χ3v) is 4.67. The molecule has 1 aromatic heterocycles. The van der Waals surface area contributed by atoms with Crippen LogP contribution in [-0.2, 0) is 4.43 Å². The minimum absolute atomic E-state index is 0.0508. The van der Waals surface area contributed by atoms with Crippen LogP contribution in [0.5, 0.6) is 11.5 Å². The Morgan fingerprint density at radius 3 is 2.75 bits per heavy atom. The molecule has 111 valence electrons. The SMILES string of the molecule is C[Si](C)OC(C1COc2csc(C=O)c2O1)C(C)(C)C. The van der Waals surface area contributed by atoms with E-state index in [4.69, 9.17) is 13.9 Å². The molecule has 6 heteroatoms. The van der Waals surface area contributed by atoms with Crippen molar-refractivity contribution in [3.05, 3.63) is 10.3 Å². The first-order valence-electron chi connectivity index (χ1n) is 6.66. The molecule has 0 amide bonds. The van der Waals surface area contributed by atoms with Gasteiger partial charge in [0.25, 0.3) is 0 Å². The summed E-state index contributed by atoms with van der Waals surface area (Å²) in [6, 6.07) is 0. The van der Waals surface area contributed by atoms with E-state index in [-0.39, 0.29) is 17.6 Å². The van der Waals surface area contributed by atoms with Crippen molar-refractivity contribution >= 4 is 26.7 Å². The van der Waals surface area contributed by atoms with Crippen LogP contribution >= 0.6 is 11.3 Å². The lowest BCUT2D eigenvalue weighted by Gasteiger charge is -2.39. The summed E-state index contributed by atoms with van der Waals surface area (Å²) in [5.74, 6) is 1.24. The number of aldehydes is 1. The Balaban J connectivity index is 2.22. The van der Waals surface area contributed by atoms with Gasteiger partial charge in [-0.2, -0.15) is 0 Å². The lowest BCUT2D eigenvalue weighted by atomic mass is 9.86. The number of fused-ring (bicyclic) bond motifs is 1. The molecule has 0 N–H and O–H groups in total. The maximum atomic E-state index is 11.0. The van der Waals surface area contributed by atoms with E-state index in [1.54, 1.807) is 0 Å². The van der Waals surface area contributed by atoms with E-state index in [2.05, 4.69) is 33.9 Å². The molecule has 0 fully saturated rings. The molecule has 4 nitrogen and oxygen atoms in total. The Morgan fingerprint density at radius 2 is 2.20 bits per heavy atom. The van der Waals surface area contributed by atoms with Gasteiger partial charge in [-0.1, -0.05) is 20.8 Å². The molecular weight excluding hydrogens is 292 g/mol. The Hall–Kier alpha value is -0.853. The molecule has 2 heterocycles. The molecule has 0 bridgehead atoms. The summed E-state index contributed by atoms with van der Waals surface area (Å²) in [5.41, 5.74) is -0.0508. The van der Waals surface area contributed by atoms with Crippen LogP contribution in [0, 0.1) is 5.41 Å². The molecule has 0 aliphatic carbocycles. The highest BCUT2D eigenvalue weighted by Crippen LogP contribution is 2.41. The van der Waals surface area contributed by atoms with Crippen LogP contribution in [0.2, 0.25) is 13.1 Å². The monoisotopic (exact) mass is 313 g/mol. The van der Waals surface area contributed by atoms with Crippen LogP contribution in [0.25, 0.3) is 0 Å². The van der Waals surface area contributed by atoms with Crippen molar-refractivity contribution in [2.24, 2.45) is 5.41 Å². The third-order valence-electron chi connectivity index (χ3n) is 3.07. The van der Waals surface area contributed by atoms with Crippen LogP contribution in [-0.4, -0.2) is 34.1 Å². The zero-order valence-corrected chi connectivity index (χ0v) is 14.4. The summed E-state index contributed by atoms with van der Waals surface area (Å²) < 4.78 is 17.9. The molecule has 2 atom stereocenters. The van der Waals surface area contributed by atoms with Crippen LogP contribution in [0.4, 0.5) is 0 Å². The Kier molecular flexibility index (Phi) is 4.56. The predicted octanol–water partition coefficient (Wildman–Crippen LogP) is 3.38. The minimum atomic E-state index is -0.845. The zero-order valence-electron chi connectivity index (χ0n) is 12.6. The number of ether oxygens (including phenoxy) is 2. The van der Waals surface area contributed by atoms with Gasteiger partial charge in [0.15, 0.2) is 23.9 Å². The fraction of sp³-hybridized carbons (Fsp3) is 0.643. The molecule has 1 aromatic rings. The summed E-state index contributed by atoms with van der Waals surface area (Å²) >= 11 is 1.35. The largest absolute Gasteiger partial charge is 0.485 e. The molecular formula is C14H21O4SSi. The lowest BCUT2D eigenvalue weighted by molar-refractivity contribution is -0.0471. The Bertz CT molecular complexity index is 478. The molecule has 0 aromatic carbocycles. The number of carbonyl (C=O) groups is 1. The maximum absolute atomic E-state index is 11.0. The topological polar surface area (TPSA) is 44.8 Å². The van der Waals surface area contributed by atoms with Crippen molar-refractivity contribution in [3.8, 4) is 11.5 Å². The van der Waals surface area contributed by atoms with Gasteiger partial charge in [0, 0.05) is 5.38 Å². The normalized spacial score (nSPS) is 20.0. The fourth-order valence-electron chi connectivity index (χ4n) is 2.21. The van der Waals surface area contributed by atoms with E-state index in [0.29, 0.717) is 23.0 Å². The molecule has 2 unspecified atom stereocenters. The fourth-order valence-corrected chi connectivity index (χ4v) is 3.95. The van der Waals surface area contributed by atoms with E-state index in [9.17, 15) is 4.79 Å². The molecule has 0 saturated carbocycles. The maximum Gasteiger partial charge on any atom is 0.205 e. The Morgan fingerprint density at radius 1 is 1.50 bits per heavy atom. The van der Waals surface area contributed by atoms with E-state index in [1.807, 2.05) is 5.38 Å². The lowest BCUT2D eigenvalue weighted by Crippen LogP contribution is -2.49. The molecule has 1 aliphatic rings. The van der Waals surface area contributed by atoms with Crippen molar-refractivity contribution in [3.63, 3.8) is 0 Å². The number of hydrogen-bond acceptors (Lipinski definition) is 5. The second kappa shape index (κ2) is 5.87. The highest BCUT2D eigenvalue weighted by Gasteiger charge is 2.39. The van der Waals surface area contributed by atoms with Crippen molar-refractivity contribution < 1.29 is 18.7 Å². The molecule has 20 heavy (non-hydrogen) atoms. The van der Waals surface area contributed by atoms with Gasteiger partial charge in [-0.05, 0) is 18.5 Å². The van der Waals surface area contributed by atoms with E-state index < -0.39 is 9.04 Å². The van der Waals surface area contributed by atoms with Crippen molar-refractivity contribution in [2.75, 3.05) is 6.61 Å². The molecule has 2 rings (SSSR count). The second-order valence-electron chi connectivity index (χ2n) is 6.19. The number of hydrogen-bond donors (Lipinski definition) is 0. The van der Waals surface area contributed by atoms with Crippen LogP contribution < -0.4 is 9.47 Å². The van der Waals surface area contributed by atoms with E-state index in [0.717, 1.165) is 6.29 Å². The molecule has 1 radical (unpaired) electrons. The second-order valence-corrected chi connectivity index (χ2v) is 9.15. The van der Waals surface area contributed by atoms with E-state index in [1.165, 1.54) is 11.3 Å². The summed E-state index contributed by atoms with van der Waals surface area (Å²) in [4.78, 5) is 11.6. The number of rotatable bonds is 4. The van der Waals surface area contributed by atoms with Gasteiger partial charge < -0.3 is 13.9 Å². The summed E-state index contributed by atoms with van der Waals surface area (Å²) in [7, 11) is -0.845. The molecule has 0 spiro atoms. The quantitative estimate of drug-likeness (QED) is 0.631. The summed E-state index contributed by atoms with van der Waals surface area (Å²) in [6.45, 7) is 11.1. The Labute approximate surface area is 125 Å². The average Bonchev–Trinajstić information content (AvgIpc) is 2.76. The van der Waals surface area contributed by atoms with Crippen molar-refractivity contribution in [2.45, 2.75) is 46.1 Å². The van der Waals surface area contributed by atoms with Gasteiger partial charge in [-0.3, -0.25) is 4.79 Å². The number of thiophene rings is 1.